The quantitative estimate of drug-likeness (QED) is 0.528. The third kappa shape index (κ3) is 3.62. The number of nitrogens with zero attached hydrogens (tertiary/aromatic N) is 2. The lowest BCUT2D eigenvalue weighted by atomic mass is 9.95. The summed E-state index contributed by atoms with van der Waals surface area (Å²) in [7, 11) is 0. The number of non-ortho nitro benzene ring substituents is 1. The van der Waals surface area contributed by atoms with Crippen LogP contribution in [0, 0.1) is 15.9 Å². The summed E-state index contributed by atoms with van der Waals surface area (Å²) in [6, 6.07) is 17.5. The van der Waals surface area contributed by atoms with Gasteiger partial charge in [0.2, 0.25) is 5.91 Å². The van der Waals surface area contributed by atoms with E-state index in [0.29, 0.717) is 16.8 Å². The molecule has 1 unspecified atom stereocenters. The molecule has 1 heterocycles. The molecule has 150 valence electrons. The highest BCUT2D eigenvalue weighted by Gasteiger charge is 2.34. The molecule has 4 rings (SSSR count). The lowest BCUT2D eigenvalue weighted by molar-refractivity contribution is -0.384. The maximum atomic E-state index is 14.1. The van der Waals surface area contributed by atoms with Crippen molar-refractivity contribution in [1.82, 2.24) is 4.90 Å². The van der Waals surface area contributed by atoms with Crippen molar-refractivity contribution in [3.63, 3.8) is 0 Å². The standard InChI is InChI=1S/C22H16FN3O4/c23-16-9-10-19-18(12-16)21(14-5-2-1-3-6-14)25(13-20(27)24-19)22(28)15-7-4-8-17(11-15)26(29)30/h1-12,21H,13H2,(H,24,27). The van der Waals surface area contributed by atoms with Gasteiger partial charge in [-0.25, -0.2) is 4.39 Å². The maximum Gasteiger partial charge on any atom is 0.270 e. The summed E-state index contributed by atoms with van der Waals surface area (Å²) in [6.45, 7) is -0.294. The zero-order chi connectivity index (χ0) is 21.3. The van der Waals surface area contributed by atoms with E-state index in [9.17, 15) is 24.1 Å². The SMILES string of the molecule is O=C1CN(C(=O)c2cccc([N+](=O)[O-])c2)C(c2ccccc2)c2cc(F)ccc2N1. The molecule has 0 fully saturated rings. The number of anilines is 1. The van der Waals surface area contributed by atoms with Gasteiger partial charge in [-0.15, -0.1) is 0 Å². The van der Waals surface area contributed by atoms with Crippen LogP contribution < -0.4 is 5.32 Å². The summed E-state index contributed by atoms with van der Waals surface area (Å²) in [5.74, 6) is -1.52. The molecule has 0 aromatic heterocycles. The smallest absolute Gasteiger partial charge is 0.270 e. The molecule has 0 radical (unpaired) electrons. The summed E-state index contributed by atoms with van der Waals surface area (Å²) in [5, 5.41) is 13.8. The molecule has 3 aromatic carbocycles. The van der Waals surface area contributed by atoms with Gasteiger partial charge in [0.25, 0.3) is 11.6 Å². The normalized spacial score (nSPS) is 15.7. The molecule has 0 spiro atoms. The number of nitro groups is 1. The molecule has 7 nitrogen and oxygen atoms in total. The predicted octanol–water partition coefficient (Wildman–Crippen LogP) is 3.92. The van der Waals surface area contributed by atoms with Gasteiger partial charge in [-0.2, -0.15) is 0 Å². The number of benzene rings is 3. The first-order valence-corrected chi connectivity index (χ1v) is 9.14. The zero-order valence-corrected chi connectivity index (χ0v) is 15.6. The van der Waals surface area contributed by atoms with E-state index < -0.39 is 28.6 Å². The first-order valence-electron chi connectivity index (χ1n) is 9.14. The zero-order valence-electron chi connectivity index (χ0n) is 15.6. The van der Waals surface area contributed by atoms with Crippen LogP contribution in [0.2, 0.25) is 0 Å². The second-order valence-electron chi connectivity index (χ2n) is 6.83. The van der Waals surface area contributed by atoms with Crippen LogP contribution in [-0.2, 0) is 4.79 Å². The Labute approximate surface area is 170 Å². The number of fused-ring (bicyclic) bond motifs is 1. The van der Waals surface area contributed by atoms with Crippen molar-refractivity contribution in [1.29, 1.82) is 0 Å². The molecule has 2 amide bonds. The van der Waals surface area contributed by atoms with Crippen molar-refractivity contribution >= 4 is 23.2 Å². The number of carbonyl (C=O) groups is 2. The van der Waals surface area contributed by atoms with E-state index in [1.54, 1.807) is 24.3 Å². The Bertz CT molecular complexity index is 1150. The summed E-state index contributed by atoms with van der Waals surface area (Å²) in [5.41, 5.74) is 1.34. The summed E-state index contributed by atoms with van der Waals surface area (Å²) >= 11 is 0. The second kappa shape index (κ2) is 7.75. The fraction of sp³-hybridized carbons (Fsp3) is 0.0909. The van der Waals surface area contributed by atoms with Crippen molar-refractivity contribution in [2.75, 3.05) is 11.9 Å². The molecule has 1 N–H and O–H groups in total. The van der Waals surface area contributed by atoms with Gasteiger partial charge in [0.05, 0.1) is 11.0 Å². The Morgan fingerprint density at radius 1 is 1.07 bits per heavy atom. The molecule has 0 bridgehead atoms. The Balaban J connectivity index is 1.87. The van der Waals surface area contributed by atoms with Gasteiger partial charge >= 0.3 is 0 Å². The fourth-order valence-corrected chi connectivity index (χ4v) is 3.58. The number of amides is 2. The van der Waals surface area contributed by atoms with E-state index in [4.69, 9.17) is 0 Å². The van der Waals surface area contributed by atoms with Gasteiger partial charge in [0, 0.05) is 28.9 Å². The summed E-state index contributed by atoms with van der Waals surface area (Å²) < 4.78 is 14.1. The molecule has 1 atom stereocenters. The molecular formula is C22H16FN3O4. The number of halogens is 1. The molecule has 1 aliphatic rings. The van der Waals surface area contributed by atoms with E-state index in [1.165, 1.54) is 47.4 Å². The minimum Gasteiger partial charge on any atom is -0.324 e. The highest BCUT2D eigenvalue weighted by Crippen LogP contribution is 2.37. The summed E-state index contributed by atoms with van der Waals surface area (Å²) in [6.07, 6.45) is 0. The molecule has 30 heavy (non-hydrogen) atoms. The van der Waals surface area contributed by atoms with Gasteiger partial charge in [0.15, 0.2) is 0 Å². The van der Waals surface area contributed by atoms with Crippen molar-refractivity contribution in [3.8, 4) is 0 Å². The minimum atomic E-state index is -0.761. The number of carbonyl (C=O) groups excluding carboxylic acids is 2. The lowest BCUT2D eigenvalue weighted by Gasteiger charge is -2.30. The number of nitrogens with one attached hydrogen (secondary N) is 1. The van der Waals surface area contributed by atoms with Crippen LogP contribution in [0.5, 0.6) is 0 Å². The van der Waals surface area contributed by atoms with Crippen LogP contribution in [-0.4, -0.2) is 28.2 Å². The van der Waals surface area contributed by atoms with E-state index in [2.05, 4.69) is 5.32 Å². The molecular weight excluding hydrogens is 389 g/mol. The predicted molar refractivity (Wildman–Crippen MR) is 107 cm³/mol. The van der Waals surface area contributed by atoms with Crippen LogP contribution in [0.1, 0.15) is 27.5 Å². The molecule has 1 aliphatic heterocycles. The highest BCUT2D eigenvalue weighted by molar-refractivity contribution is 6.01. The van der Waals surface area contributed by atoms with Crippen LogP contribution in [0.15, 0.2) is 72.8 Å². The largest absolute Gasteiger partial charge is 0.324 e. The third-order valence-electron chi connectivity index (χ3n) is 4.89. The third-order valence-corrected chi connectivity index (χ3v) is 4.89. The van der Waals surface area contributed by atoms with E-state index in [1.807, 2.05) is 6.07 Å². The van der Waals surface area contributed by atoms with Gasteiger partial charge in [0.1, 0.15) is 12.4 Å². The Hall–Kier alpha value is -4.07. The van der Waals surface area contributed by atoms with Crippen molar-refractivity contribution in [2.45, 2.75) is 6.04 Å². The number of hydrogen-bond donors (Lipinski definition) is 1. The molecule has 0 aliphatic carbocycles. The van der Waals surface area contributed by atoms with Crippen molar-refractivity contribution in [3.05, 3.63) is 105 Å². The first kappa shape index (κ1) is 19.3. The van der Waals surface area contributed by atoms with E-state index >= 15 is 0 Å². The topological polar surface area (TPSA) is 92.5 Å². The first-order chi connectivity index (χ1) is 14.4. The fourth-order valence-electron chi connectivity index (χ4n) is 3.58. The van der Waals surface area contributed by atoms with Gasteiger partial charge < -0.3 is 10.2 Å². The van der Waals surface area contributed by atoms with Crippen LogP contribution in [0.3, 0.4) is 0 Å². The Morgan fingerprint density at radius 2 is 1.83 bits per heavy atom. The molecule has 0 saturated carbocycles. The number of hydrogen-bond acceptors (Lipinski definition) is 4. The van der Waals surface area contributed by atoms with E-state index in [-0.39, 0.29) is 17.8 Å². The lowest BCUT2D eigenvalue weighted by Crippen LogP contribution is -2.39. The van der Waals surface area contributed by atoms with Crippen LogP contribution in [0.4, 0.5) is 15.8 Å². The Kier molecular flexibility index (Phi) is 4.97. The summed E-state index contributed by atoms with van der Waals surface area (Å²) in [4.78, 5) is 37.7. The maximum absolute atomic E-state index is 14.1. The number of rotatable bonds is 3. The minimum absolute atomic E-state index is 0.0674. The van der Waals surface area contributed by atoms with E-state index in [0.717, 1.165) is 0 Å². The highest BCUT2D eigenvalue weighted by atomic mass is 19.1. The van der Waals surface area contributed by atoms with Gasteiger partial charge in [-0.3, -0.25) is 19.7 Å². The van der Waals surface area contributed by atoms with Gasteiger partial charge in [-0.05, 0) is 29.8 Å². The van der Waals surface area contributed by atoms with Crippen LogP contribution in [0.25, 0.3) is 0 Å². The average Bonchev–Trinajstić information content (AvgIpc) is 2.89. The average molecular weight is 405 g/mol. The monoisotopic (exact) mass is 405 g/mol. The second-order valence-corrected chi connectivity index (χ2v) is 6.83. The molecule has 0 saturated heterocycles. The van der Waals surface area contributed by atoms with Crippen LogP contribution >= 0.6 is 0 Å². The van der Waals surface area contributed by atoms with Crippen molar-refractivity contribution < 1.29 is 18.9 Å². The Morgan fingerprint density at radius 3 is 2.57 bits per heavy atom. The van der Waals surface area contributed by atoms with Crippen molar-refractivity contribution in [2.24, 2.45) is 0 Å². The molecule has 3 aromatic rings. The molecule has 8 heteroatoms. The number of nitro benzene ring substituents is 1. The van der Waals surface area contributed by atoms with Gasteiger partial charge in [-0.1, -0.05) is 36.4 Å².